The monoisotopic (exact) mass is 223 g/mol. The second-order valence-electron chi connectivity index (χ2n) is 4.30. The van der Waals surface area contributed by atoms with Gasteiger partial charge in [-0.3, -0.25) is 0 Å². The van der Waals surface area contributed by atoms with Gasteiger partial charge in [-0.2, -0.15) is 0 Å². The molecule has 2 rings (SSSR count). The summed E-state index contributed by atoms with van der Waals surface area (Å²) in [5.74, 6) is 0.0989. The number of hydrogen-bond acceptors (Lipinski definition) is 2. The fourth-order valence-electron chi connectivity index (χ4n) is 2.17. The molecule has 16 heavy (non-hydrogen) atoms. The average Bonchev–Trinajstić information content (AvgIpc) is 2.39. The van der Waals surface area contributed by atoms with Crippen LogP contribution in [-0.2, 0) is 11.3 Å². The first-order chi connectivity index (χ1) is 7.81. The van der Waals surface area contributed by atoms with E-state index in [1.807, 2.05) is 24.3 Å². The Bertz CT molecular complexity index is 336. The van der Waals surface area contributed by atoms with E-state index in [0.717, 1.165) is 24.0 Å². The van der Waals surface area contributed by atoms with E-state index in [2.05, 4.69) is 0 Å². The third kappa shape index (κ3) is 2.60. The molecule has 2 N–H and O–H groups in total. The molecule has 0 amide bonds. The number of halogens is 1. The lowest BCUT2D eigenvalue weighted by molar-refractivity contribution is 0.0365. The van der Waals surface area contributed by atoms with Crippen LogP contribution >= 0.6 is 0 Å². The molecule has 1 fully saturated rings. The van der Waals surface area contributed by atoms with Crippen LogP contribution in [-0.4, -0.2) is 13.2 Å². The van der Waals surface area contributed by atoms with Gasteiger partial charge < -0.3 is 10.5 Å². The van der Waals surface area contributed by atoms with Crippen LogP contribution in [0.4, 0.5) is 4.39 Å². The minimum atomic E-state index is -0.879. The van der Waals surface area contributed by atoms with E-state index in [-0.39, 0.29) is 5.92 Å². The fraction of sp³-hybridized carbons (Fsp3) is 0.538. The third-order valence-electron chi connectivity index (χ3n) is 3.19. The van der Waals surface area contributed by atoms with Gasteiger partial charge in [0.2, 0.25) is 0 Å². The number of ether oxygens (including phenoxy) is 1. The summed E-state index contributed by atoms with van der Waals surface area (Å²) in [5.41, 5.74) is 7.31. The largest absolute Gasteiger partial charge is 0.381 e. The average molecular weight is 223 g/mol. The molecule has 2 nitrogen and oxygen atoms in total. The fourth-order valence-corrected chi connectivity index (χ4v) is 2.17. The van der Waals surface area contributed by atoms with Gasteiger partial charge in [0.25, 0.3) is 0 Å². The lowest BCUT2D eigenvalue weighted by Gasteiger charge is -2.25. The van der Waals surface area contributed by atoms with Gasteiger partial charge in [0.05, 0.1) is 0 Å². The van der Waals surface area contributed by atoms with Gasteiger partial charge in [0.15, 0.2) is 0 Å². The summed E-state index contributed by atoms with van der Waals surface area (Å²) >= 11 is 0. The maximum Gasteiger partial charge on any atom is 0.128 e. The van der Waals surface area contributed by atoms with E-state index < -0.39 is 6.17 Å². The first kappa shape index (κ1) is 11.6. The summed E-state index contributed by atoms with van der Waals surface area (Å²) in [7, 11) is 0. The molecule has 0 bridgehead atoms. The zero-order chi connectivity index (χ0) is 11.4. The van der Waals surface area contributed by atoms with Crippen molar-refractivity contribution in [3.8, 4) is 0 Å². The molecule has 0 saturated carbocycles. The summed E-state index contributed by atoms with van der Waals surface area (Å²) in [6.07, 6.45) is 0.748. The Labute approximate surface area is 95.6 Å². The molecule has 0 spiro atoms. The highest BCUT2D eigenvalue weighted by atomic mass is 19.1. The Morgan fingerprint density at radius 3 is 2.81 bits per heavy atom. The standard InChI is InChI=1S/C13H18FNO/c14-13(11-4-6-16-7-5-11)12-3-1-2-10(8-12)9-15/h1-3,8,11,13H,4-7,9,15H2. The van der Waals surface area contributed by atoms with Crippen molar-refractivity contribution >= 4 is 0 Å². The van der Waals surface area contributed by atoms with Crippen molar-refractivity contribution in [1.82, 2.24) is 0 Å². The van der Waals surface area contributed by atoms with Crippen LogP contribution in [0.25, 0.3) is 0 Å². The molecule has 1 aromatic carbocycles. The van der Waals surface area contributed by atoms with Crippen LogP contribution in [0.15, 0.2) is 24.3 Å². The van der Waals surface area contributed by atoms with Gasteiger partial charge in [-0.1, -0.05) is 24.3 Å². The maximum absolute atomic E-state index is 14.2. The minimum Gasteiger partial charge on any atom is -0.381 e. The predicted molar refractivity (Wildman–Crippen MR) is 61.7 cm³/mol. The van der Waals surface area contributed by atoms with E-state index in [4.69, 9.17) is 10.5 Å². The van der Waals surface area contributed by atoms with Crippen molar-refractivity contribution in [3.63, 3.8) is 0 Å². The summed E-state index contributed by atoms with van der Waals surface area (Å²) in [5, 5.41) is 0. The number of hydrogen-bond donors (Lipinski definition) is 1. The molecule has 1 aromatic rings. The minimum absolute atomic E-state index is 0.0989. The first-order valence-electron chi connectivity index (χ1n) is 5.82. The summed E-state index contributed by atoms with van der Waals surface area (Å²) in [6, 6.07) is 7.53. The maximum atomic E-state index is 14.2. The van der Waals surface area contributed by atoms with Crippen LogP contribution in [0.3, 0.4) is 0 Å². The second-order valence-corrected chi connectivity index (χ2v) is 4.30. The SMILES string of the molecule is NCc1cccc(C(F)C2CCOCC2)c1. The van der Waals surface area contributed by atoms with Gasteiger partial charge in [0.1, 0.15) is 6.17 Å². The molecule has 88 valence electrons. The van der Waals surface area contributed by atoms with Crippen molar-refractivity contribution < 1.29 is 9.13 Å². The Balaban J connectivity index is 2.09. The van der Waals surface area contributed by atoms with Crippen LogP contribution < -0.4 is 5.73 Å². The van der Waals surface area contributed by atoms with E-state index >= 15 is 0 Å². The van der Waals surface area contributed by atoms with E-state index in [1.54, 1.807) is 0 Å². The molecule has 1 saturated heterocycles. The Morgan fingerprint density at radius 1 is 1.38 bits per heavy atom. The molecule has 0 aliphatic carbocycles. The summed E-state index contributed by atoms with van der Waals surface area (Å²) in [6.45, 7) is 1.83. The van der Waals surface area contributed by atoms with E-state index in [9.17, 15) is 4.39 Å². The van der Waals surface area contributed by atoms with Crippen LogP contribution in [0.5, 0.6) is 0 Å². The van der Waals surface area contributed by atoms with Crippen molar-refractivity contribution in [2.45, 2.75) is 25.6 Å². The van der Waals surface area contributed by atoms with Gasteiger partial charge in [-0.05, 0) is 29.9 Å². The Morgan fingerprint density at radius 2 is 2.12 bits per heavy atom. The molecule has 0 aromatic heterocycles. The molecule has 1 atom stereocenters. The molecule has 1 aliphatic heterocycles. The molecule has 0 radical (unpaired) electrons. The van der Waals surface area contributed by atoms with Crippen LogP contribution in [0.2, 0.25) is 0 Å². The number of alkyl halides is 1. The zero-order valence-electron chi connectivity index (χ0n) is 9.36. The smallest absolute Gasteiger partial charge is 0.128 e. The highest BCUT2D eigenvalue weighted by molar-refractivity contribution is 5.25. The third-order valence-corrected chi connectivity index (χ3v) is 3.19. The Kier molecular flexibility index (Phi) is 3.91. The highest BCUT2D eigenvalue weighted by Crippen LogP contribution is 2.33. The number of nitrogens with two attached hydrogens (primary N) is 1. The van der Waals surface area contributed by atoms with Gasteiger partial charge in [-0.15, -0.1) is 0 Å². The second kappa shape index (κ2) is 5.41. The Hall–Kier alpha value is -0.930. The molecule has 1 unspecified atom stereocenters. The molecule has 1 aliphatic rings. The quantitative estimate of drug-likeness (QED) is 0.854. The van der Waals surface area contributed by atoms with Crippen molar-refractivity contribution in [3.05, 3.63) is 35.4 Å². The van der Waals surface area contributed by atoms with E-state index in [1.165, 1.54) is 0 Å². The molecular formula is C13H18FNO. The van der Waals surface area contributed by atoms with Gasteiger partial charge >= 0.3 is 0 Å². The zero-order valence-corrected chi connectivity index (χ0v) is 9.36. The summed E-state index contributed by atoms with van der Waals surface area (Å²) < 4.78 is 19.5. The van der Waals surface area contributed by atoms with Crippen molar-refractivity contribution in [2.75, 3.05) is 13.2 Å². The van der Waals surface area contributed by atoms with Crippen LogP contribution in [0, 0.1) is 5.92 Å². The lowest BCUT2D eigenvalue weighted by atomic mass is 9.90. The molecule has 1 heterocycles. The van der Waals surface area contributed by atoms with Crippen LogP contribution in [0.1, 0.15) is 30.1 Å². The predicted octanol–water partition coefficient (Wildman–Crippen LogP) is 2.58. The van der Waals surface area contributed by atoms with Gasteiger partial charge in [0, 0.05) is 19.8 Å². The highest BCUT2D eigenvalue weighted by Gasteiger charge is 2.25. The van der Waals surface area contributed by atoms with Crippen molar-refractivity contribution in [1.29, 1.82) is 0 Å². The number of rotatable bonds is 3. The summed E-state index contributed by atoms with van der Waals surface area (Å²) in [4.78, 5) is 0. The lowest BCUT2D eigenvalue weighted by Crippen LogP contribution is -2.20. The van der Waals surface area contributed by atoms with Gasteiger partial charge in [-0.25, -0.2) is 4.39 Å². The molecule has 3 heteroatoms. The molecular weight excluding hydrogens is 205 g/mol. The number of benzene rings is 1. The first-order valence-corrected chi connectivity index (χ1v) is 5.82. The topological polar surface area (TPSA) is 35.2 Å². The normalized spacial score (nSPS) is 19.6. The van der Waals surface area contributed by atoms with Crippen molar-refractivity contribution in [2.24, 2.45) is 11.7 Å². The van der Waals surface area contributed by atoms with E-state index in [0.29, 0.717) is 19.8 Å².